The van der Waals surface area contributed by atoms with Crippen molar-refractivity contribution in [3.8, 4) is 0 Å². The summed E-state index contributed by atoms with van der Waals surface area (Å²) in [7, 11) is 0. The van der Waals surface area contributed by atoms with Gasteiger partial charge in [-0.15, -0.1) is 0 Å². The summed E-state index contributed by atoms with van der Waals surface area (Å²) in [6.45, 7) is 3.50. The molecule has 0 atom stereocenters. The molecule has 5 heteroatoms. The van der Waals surface area contributed by atoms with Crippen LogP contribution in [0.2, 0.25) is 0 Å². The Labute approximate surface area is 154 Å². The zero-order valence-electron chi connectivity index (χ0n) is 15.2. The van der Waals surface area contributed by atoms with Crippen LogP contribution in [0, 0.1) is 0 Å². The largest absolute Gasteiger partial charge is 0.334 e. The first-order chi connectivity index (χ1) is 12.5. The first-order valence-corrected chi connectivity index (χ1v) is 8.66. The van der Waals surface area contributed by atoms with E-state index in [0.29, 0.717) is 17.8 Å². The molecule has 5 nitrogen and oxygen atoms in total. The molecule has 0 heterocycles. The van der Waals surface area contributed by atoms with Gasteiger partial charge in [-0.25, -0.2) is 0 Å². The number of amides is 2. The standard InChI is InChI=1S/C21H24N2O3/c1-16(24)19-10-12-20(13-11-19)22-21(26)15-23(17(2)25)14-6-9-18-7-4-3-5-8-18/h3-5,7-8,10-13H,6,9,14-15H2,1-2H3,(H,22,26). The number of anilines is 1. The summed E-state index contributed by atoms with van der Waals surface area (Å²) >= 11 is 0. The molecule has 0 radical (unpaired) electrons. The van der Waals surface area contributed by atoms with Crippen molar-refractivity contribution < 1.29 is 14.4 Å². The van der Waals surface area contributed by atoms with Gasteiger partial charge in [-0.3, -0.25) is 14.4 Å². The highest BCUT2D eigenvalue weighted by molar-refractivity contribution is 5.96. The van der Waals surface area contributed by atoms with Crippen LogP contribution >= 0.6 is 0 Å². The normalized spacial score (nSPS) is 10.2. The maximum Gasteiger partial charge on any atom is 0.243 e. The second-order valence-corrected chi connectivity index (χ2v) is 6.21. The van der Waals surface area contributed by atoms with Crippen molar-refractivity contribution in [2.75, 3.05) is 18.4 Å². The third kappa shape index (κ3) is 6.16. The van der Waals surface area contributed by atoms with E-state index in [2.05, 4.69) is 17.4 Å². The molecule has 2 aromatic rings. The van der Waals surface area contributed by atoms with Crippen molar-refractivity contribution >= 4 is 23.3 Å². The van der Waals surface area contributed by atoms with Crippen molar-refractivity contribution in [2.45, 2.75) is 26.7 Å². The van der Waals surface area contributed by atoms with Crippen LogP contribution in [-0.2, 0) is 16.0 Å². The molecule has 0 bridgehead atoms. The SMILES string of the molecule is CC(=O)c1ccc(NC(=O)CN(CCCc2ccccc2)C(C)=O)cc1. The van der Waals surface area contributed by atoms with Crippen LogP contribution in [0.5, 0.6) is 0 Å². The molecule has 2 rings (SSSR count). The molecule has 136 valence electrons. The molecule has 0 saturated carbocycles. The molecule has 0 spiro atoms. The average molecular weight is 352 g/mol. The predicted molar refractivity (Wildman–Crippen MR) is 102 cm³/mol. The van der Waals surface area contributed by atoms with Crippen molar-refractivity contribution in [2.24, 2.45) is 0 Å². The van der Waals surface area contributed by atoms with Gasteiger partial charge >= 0.3 is 0 Å². The third-order valence-corrected chi connectivity index (χ3v) is 4.09. The summed E-state index contributed by atoms with van der Waals surface area (Å²) < 4.78 is 0. The molecule has 26 heavy (non-hydrogen) atoms. The highest BCUT2D eigenvalue weighted by atomic mass is 16.2. The molecule has 0 aliphatic heterocycles. The molecular formula is C21H24N2O3. The van der Waals surface area contributed by atoms with Gasteiger partial charge in [0.1, 0.15) is 0 Å². The van der Waals surface area contributed by atoms with Crippen molar-refractivity contribution in [3.05, 3.63) is 65.7 Å². The number of hydrogen-bond donors (Lipinski definition) is 1. The Kier molecular flexibility index (Phi) is 7.09. The summed E-state index contributed by atoms with van der Waals surface area (Å²) in [4.78, 5) is 36.8. The van der Waals surface area contributed by atoms with E-state index in [1.807, 2.05) is 18.2 Å². The van der Waals surface area contributed by atoms with Crippen LogP contribution in [-0.4, -0.2) is 35.6 Å². The number of rotatable bonds is 8. The Hall–Kier alpha value is -2.95. The average Bonchev–Trinajstić information content (AvgIpc) is 2.62. The van der Waals surface area contributed by atoms with Gasteiger partial charge in [-0.1, -0.05) is 30.3 Å². The molecule has 1 N–H and O–H groups in total. The lowest BCUT2D eigenvalue weighted by atomic mass is 10.1. The molecule has 0 aliphatic rings. The maximum absolute atomic E-state index is 12.2. The lowest BCUT2D eigenvalue weighted by Gasteiger charge is -2.20. The Balaban J connectivity index is 1.84. The Bertz CT molecular complexity index is 755. The molecule has 2 aromatic carbocycles. The zero-order valence-corrected chi connectivity index (χ0v) is 15.2. The van der Waals surface area contributed by atoms with Crippen LogP contribution in [0.4, 0.5) is 5.69 Å². The van der Waals surface area contributed by atoms with Crippen LogP contribution < -0.4 is 5.32 Å². The highest BCUT2D eigenvalue weighted by Gasteiger charge is 2.13. The van der Waals surface area contributed by atoms with Gasteiger partial charge in [0.05, 0.1) is 6.54 Å². The fraction of sp³-hybridized carbons (Fsp3) is 0.286. The summed E-state index contributed by atoms with van der Waals surface area (Å²) in [5.41, 5.74) is 2.41. The van der Waals surface area contributed by atoms with E-state index in [4.69, 9.17) is 0 Å². The predicted octanol–water partition coefficient (Wildman–Crippen LogP) is 3.31. The maximum atomic E-state index is 12.2. The number of nitrogens with one attached hydrogen (secondary N) is 1. The lowest BCUT2D eigenvalue weighted by Crippen LogP contribution is -2.37. The quantitative estimate of drug-likeness (QED) is 0.741. The minimum atomic E-state index is -0.254. The molecule has 0 saturated heterocycles. The van der Waals surface area contributed by atoms with E-state index in [-0.39, 0.29) is 24.1 Å². The number of carbonyl (C=O) groups is 3. The van der Waals surface area contributed by atoms with Crippen molar-refractivity contribution in [1.82, 2.24) is 4.90 Å². The number of aryl methyl sites for hydroxylation is 1. The minimum Gasteiger partial charge on any atom is -0.334 e. The van der Waals surface area contributed by atoms with Crippen LogP contribution in [0.15, 0.2) is 54.6 Å². The Morgan fingerprint density at radius 2 is 1.58 bits per heavy atom. The Morgan fingerprint density at radius 3 is 2.15 bits per heavy atom. The Morgan fingerprint density at radius 1 is 0.923 bits per heavy atom. The molecular weight excluding hydrogens is 328 g/mol. The van der Waals surface area contributed by atoms with Gasteiger partial charge in [-0.05, 0) is 49.6 Å². The number of ketones is 1. The van der Waals surface area contributed by atoms with Crippen LogP contribution in [0.1, 0.15) is 36.2 Å². The number of carbonyl (C=O) groups excluding carboxylic acids is 3. The van der Waals surface area contributed by atoms with Gasteiger partial charge in [0.25, 0.3) is 0 Å². The second-order valence-electron chi connectivity index (χ2n) is 6.21. The van der Waals surface area contributed by atoms with Gasteiger partial charge in [0, 0.05) is 24.7 Å². The van der Waals surface area contributed by atoms with Gasteiger partial charge in [0.2, 0.25) is 11.8 Å². The zero-order chi connectivity index (χ0) is 18.9. The lowest BCUT2D eigenvalue weighted by molar-refractivity contribution is -0.132. The fourth-order valence-corrected chi connectivity index (χ4v) is 2.63. The van der Waals surface area contributed by atoms with E-state index in [1.54, 1.807) is 29.2 Å². The first kappa shape index (κ1) is 19.4. The van der Waals surface area contributed by atoms with Crippen LogP contribution in [0.25, 0.3) is 0 Å². The fourth-order valence-electron chi connectivity index (χ4n) is 2.63. The number of nitrogens with zero attached hydrogens (tertiary/aromatic N) is 1. The summed E-state index contributed by atoms with van der Waals surface area (Å²) in [5, 5.41) is 2.76. The molecule has 0 aromatic heterocycles. The van der Waals surface area contributed by atoms with Crippen molar-refractivity contribution in [3.63, 3.8) is 0 Å². The smallest absolute Gasteiger partial charge is 0.243 e. The topological polar surface area (TPSA) is 66.5 Å². The molecule has 0 aliphatic carbocycles. The van der Waals surface area contributed by atoms with Gasteiger partial charge in [-0.2, -0.15) is 0 Å². The second kappa shape index (κ2) is 9.51. The number of benzene rings is 2. The van der Waals surface area contributed by atoms with Gasteiger partial charge < -0.3 is 10.2 Å². The van der Waals surface area contributed by atoms with E-state index in [1.165, 1.54) is 19.4 Å². The van der Waals surface area contributed by atoms with E-state index in [0.717, 1.165) is 12.8 Å². The van der Waals surface area contributed by atoms with Gasteiger partial charge in [0.15, 0.2) is 5.78 Å². The number of Topliss-reactive ketones (excluding diaryl/α,β-unsaturated/α-hetero) is 1. The monoisotopic (exact) mass is 352 g/mol. The van der Waals surface area contributed by atoms with E-state index in [9.17, 15) is 14.4 Å². The third-order valence-electron chi connectivity index (χ3n) is 4.09. The van der Waals surface area contributed by atoms with Crippen molar-refractivity contribution in [1.29, 1.82) is 0 Å². The van der Waals surface area contributed by atoms with E-state index < -0.39 is 0 Å². The molecule has 0 unspecified atom stereocenters. The number of hydrogen-bond acceptors (Lipinski definition) is 3. The highest BCUT2D eigenvalue weighted by Crippen LogP contribution is 2.10. The molecule has 0 fully saturated rings. The summed E-state index contributed by atoms with van der Waals surface area (Å²) in [6.07, 6.45) is 1.66. The first-order valence-electron chi connectivity index (χ1n) is 8.66. The summed E-state index contributed by atoms with van der Waals surface area (Å²) in [6, 6.07) is 16.8. The summed E-state index contributed by atoms with van der Waals surface area (Å²) in [5.74, 6) is -0.403. The molecule has 2 amide bonds. The minimum absolute atomic E-state index is 0.0125. The van der Waals surface area contributed by atoms with Crippen LogP contribution in [0.3, 0.4) is 0 Å². The van der Waals surface area contributed by atoms with E-state index >= 15 is 0 Å².